The molecule has 0 aliphatic carbocycles. The van der Waals surface area contributed by atoms with Crippen LogP contribution in [0.4, 0.5) is 0 Å². The lowest BCUT2D eigenvalue weighted by Crippen LogP contribution is -2.12. The number of benzene rings is 1. The van der Waals surface area contributed by atoms with Crippen molar-refractivity contribution in [3.8, 4) is 5.88 Å². The molecule has 0 saturated heterocycles. The number of carbonyl (C=O) groups is 1. The standard InChI is InChI=1S/C12H12N2O5S/c1-8-3-5-9(6-4-8)20(17,18)19-11-7-10(12(15)16)13-14(11)2/h3-7H,1-2H3,(H,15,16). The van der Waals surface area contributed by atoms with Crippen molar-refractivity contribution in [3.63, 3.8) is 0 Å². The van der Waals surface area contributed by atoms with Gasteiger partial charge in [0.15, 0.2) is 5.69 Å². The zero-order valence-corrected chi connectivity index (χ0v) is 11.6. The van der Waals surface area contributed by atoms with Gasteiger partial charge in [-0.3, -0.25) is 0 Å². The van der Waals surface area contributed by atoms with Crippen molar-refractivity contribution in [2.45, 2.75) is 11.8 Å². The van der Waals surface area contributed by atoms with E-state index in [1.807, 2.05) is 6.92 Å². The topological polar surface area (TPSA) is 98.5 Å². The van der Waals surface area contributed by atoms with Crippen molar-refractivity contribution in [3.05, 3.63) is 41.6 Å². The van der Waals surface area contributed by atoms with Gasteiger partial charge in [0.05, 0.1) is 0 Å². The average Bonchev–Trinajstić information content (AvgIpc) is 2.71. The normalized spacial score (nSPS) is 11.3. The number of nitrogens with zero attached hydrogens (tertiary/aromatic N) is 2. The van der Waals surface area contributed by atoms with Crippen LogP contribution in [-0.4, -0.2) is 29.3 Å². The molecule has 0 amide bonds. The molecule has 8 heteroatoms. The van der Waals surface area contributed by atoms with Gasteiger partial charge in [0.2, 0.25) is 5.88 Å². The van der Waals surface area contributed by atoms with E-state index in [9.17, 15) is 13.2 Å². The molecule has 1 heterocycles. The van der Waals surface area contributed by atoms with Crippen LogP contribution in [0.1, 0.15) is 16.1 Å². The van der Waals surface area contributed by atoms with Gasteiger partial charge in [0.1, 0.15) is 4.90 Å². The molecule has 0 aliphatic rings. The van der Waals surface area contributed by atoms with E-state index in [4.69, 9.17) is 9.29 Å². The van der Waals surface area contributed by atoms with Crippen LogP contribution < -0.4 is 4.18 Å². The van der Waals surface area contributed by atoms with E-state index < -0.39 is 16.1 Å². The zero-order chi connectivity index (χ0) is 14.9. The Kier molecular flexibility index (Phi) is 3.49. The number of rotatable bonds is 4. The fourth-order valence-corrected chi connectivity index (χ4v) is 2.44. The van der Waals surface area contributed by atoms with Crippen LogP contribution in [0.25, 0.3) is 0 Å². The monoisotopic (exact) mass is 296 g/mol. The third-order valence-electron chi connectivity index (χ3n) is 2.56. The minimum Gasteiger partial charge on any atom is -0.476 e. The smallest absolute Gasteiger partial charge is 0.356 e. The van der Waals surface area contributed by atoms with Gasteiger partial charge in [-0.1, -0.05) is 17.7 Å². The van der Waals surface area contributed by atoms with E-state index in [0.717, 1.165) is 16.3 Å². The van der Waals surface area contributed by atoms with Gasteiger partial charge in [-0.05, 0) is 19.1 Å². The predicted octanol–water partition coefficient (Wildman–Crippen LogP) is 1.19. The number of carboxylic acid groups (broad SMARTS) is 1. The molecule has 1 N–H and O–H groups in total. The van der Waals surface area contributed by atoms with E-state index in [2.05, 4.69) is 5.10 Å². The first-order valence-corrected chi connectivity index (χ1v) is 6.99. The summed E-state index contributed by atoms with van der Waals surface area (Å²) in [6.45, 7) is 1.83. The fourth-order valence-electron chi connectivity index (χ4n) is 1.50. The van der Waals surface area contributed by atoms with Crippen molar-refractivity contribution in [1.29, 1.82) is 0 Å². The lowest BCUT2D eigenvalue weighted by Gasteiger charge is -2.06. The largest absolute Gasteiger partial charge is 0.476 e. The summed E-state index contributed by atoms with van der Waals surface area (Å²) >= 11 is 0. The molecule has 0 fully saturated rings. The number of aryl methyl sites for hydroxylation is 2. The molecule has 2 rings (SSSR count). The quantitative estimate of drug-likeness (QED) is 0.851. The molecule has 0 spiro atoms. The van der Waals surface area contributed by atoms with Gasteiger partial charge in [0, 0.05) is 13.1 Å². The first kappa shape index (κ1) is 14.1. The first-order valence-electron chi connectivity index (χ1n) is 5.58. The van der Waals surface area contributed by atoms with Crippen LogP contribution in [0.3, 0.4) is 0 Å². The number of carboxylic acids is 1. The molecule has 0 radical (unpaired) electrons. The summed E-state index contributed by atoms with van der Waals surface area (Å²) in [5.41, 5.74) is 0.624. The third kappa shape index (κ3) is 2.80. The molecule has 0 bridgehead atoms. The van der Waals surface area contributed by atoms with Crippen molar-refractivity contribution in [2.24, 2.45) is 7.05 Å². The Morgan fingerprint density at radius 3 is 2.40 bits per heavy atom. The second-order valence-electron chi connectivity index (χ2n) is 4.15. The number of hydrogen-bond acceptors (Lipinski definition) is 5. The van der Waals surface area contributed by atoms with Crippen LogP contribution in [0.5, 0.6) is 5.88 Å². The lowest BCUT2D eigenvalue weighted by atomic mass is 10.2. The van der Waals surface area contributed by atoms with Crippen LogP contribution in [0.15, 0.2) is 35.2 Å². The van der Waals surface area contributed by atoms with E-state index in [1.165, 1.54) is 19.2 Å². The molecule has 1 aromatic heterocycles. The zero-order valence-electron chi connectivity index (χ0n) is 10.8. The maximum atomic E-state index is 12.0. The van der Waals surface area contributed by atoms with Gasteiger partial charge in [-0.25, -0.2) is 9.48 Å². The van der Waals surface area contributed by atoms with E-state index >= 15 is 0 Å². The molecule has 1 aromatic carbocycles. The Bertz CT molecular complexity index is 747. The highest BCUT2D eigenvalue weighted by atomic mass is 32.2. The van der Waals surface area contributed by atoms with Crippen LogP contribution in [0.2, 0.25) is 0 Å². The summed E-state index contributed by atoms with van der Waals surface area (Å²) in [4.78, 5) is 10.7. The van der Waals surface area contributed by atoms with E-state index in [1.54, 1.807) is 12.1 Å². The van der Waals surface area contributed by atoms with Crippen LogP contribution in [0, 0.1) is 6.92 Å². The second kappa shape index (κ2) is 4.97. The molecular weight excluding hydrogens is 284 g/mol. The van der Waals surface area contributed by atoms with Gasteiger partial charge >= 0.3 is 16.1 Å². The predicted molar refractivity (Wildman–Crippen MR) is 69.2 cm³/mol. The molecule has 0 atom stereocenters. The van der Waals surface area contributed by atoms with Crippen molar-refractivity contribution in [2.75, 3.05) is 0 Å². The second-order valence-corrected chi connectivity index (χ2v) is 5.69. The Morgan fingerprint density at radius 1 is 1.30 bits per heavy atom. The Hall–Kier alpha value is -2.35. The van der Waals surface area contributed by atoms with Crippen molar-refractivity contribution in [1.82, 2.24) is 9.78 Å². The number of hydrogen-bond donors (Lipinski definition) is 1. The maximum absolute atomic E-state index is 12.0. The minimum atomic E-state index is -4.02. The number of aromatic nitrogens is 2. The number of aromatic carboxylic acids is 1. The summed E-state index contributed by atoms with van der Waals surface area (Å²) in [5, 5.41) is 12.4. The van der Waals surface area contributed by atoms with Crippen molar-refractivity contribution >= 4 is 16.1 Å². The summed E-state index contributed by atoms with van der Waals surface area (Å²) in [5.74, 6) is -1.42. The molecular formula is C12H12N2O5S. The summed E-state index contributed by atoms with van der Waals surface area (Å²) in [6, 6.07) is 7.16. The molecule has 20 heavy (non-hydrogen) atoms. The van der Waals surface area contributed by atoms with Gasteiger partial charge in [-0.15, -0.1) is 0 Å². The first-order chi connectivity index (χ1) is 9.29. The highest BCUT2D eigenvalue weighted by molar-refractivity contribution is 7.87. The van der Waals surface area contributed by atoms with Crippen LogP contribution in [-0.2, 0) is 17.2 Å². The molecule has 0 saturated carbocycles. The third-order valence-corrected chi connectivity index (χ3v) is 3.80. The van der Waals surface area contributed by atoms with E-state index in [0.29, 0.717) is 0 Å². The van der Waals surface area contributed by atoms with Gasteiger partial charge in [0.25, 0.3) is 0 Å². The van der Waals surface area contributed by atoms with Gasteiger partial charge in [-0.2, -0.15) is 13.5 Å². The molecule has 0 unspecified atom stereocenters. The Balaban J connectivity index is 2.33. The molecule has 0 aliphatic heterocycles. The SMILES string of the molecule is Cc1ccc(S(=O)(=O)Oc2cc(C(=O)O)nn2C)cc1. The fraction of sp³-hybridized carbons (Fsp3) is 0.167. The summed E-state index contributed by atoms with van der Waals surface area (Å²) in [6.07, 6.45) is 0. The lowest BCUT2D eigenvalue weighted by molar-refractivity contribution is 0.0689. The molecule has 2 aromatic rings. The highest BCUT2D eigenvalue weighted by Gasteiger charge is 2.20. The average molecular weight is 296 g/mol. The van der Waals surface area contributed by atoms with Crippen molar-refractivity contribution < 1.29 is 22.5 Å². The highest BCUT2D eigenvalue weighted by Crippen LogP contribution is 2.19. The Morgan fingerprint density at radius 2 is 1.90 bits per heavy atom. The Labute approximate surface area is 115 Å². The molecule has 7 nitrogen and oxygen atoms in total. The van der Waals surface area contributed by atoms with Crippen LogP contribution >= 0.6 is 0 Å². The minimum absolute atomic E-state index is 0.0128. The van der Waals surface area contributed by atoms with E-state index in [-0.39, 0.29) is 16.5 Å². The molecule has 106 valence electrons. The van der Waals surface area contributed by atoms with Gasteiger partial charge < -0.3 is 9.29 Å². The maximum Gasteiger partial charge on any atom is 0.356 e. The summed E-state index contributed by atoms with van der Waals surface area (Å²) in [7, 11) is -2.62. The summed E-state index contributed by atoms with van der Waals surface area (Å²) < 4.78 is 30.0.